The molecule has 3 aromatic rings. The second-order valence-corrected chi connectivity index (χ2v) is 5.03. The molecule has 0 bridgehead atoms. The molecule has 104 valence electrons. The Balaban J connectivity index is 1.96. The molecule has 1 aromatic carbocycles. The van der Waals surface area contributed by atoms with Crippen molar-refractivity contribution in [2.75, 3.05) is 0 Å². The monoisotopic (exact) mass is 277 g/mol. The van der Waals surface area contributed by atoms with E-state index in [9.17, 15) is 4.79 Å². The molecule has 3 rings (SSSR count). The Kier molecular flexibility index (Phi) is 3.40. The van der Waals surface area contributed by atoms with E-state index in [0.29, 0.717) is 5.76 Å². The molecule has 0 N–H and O–H groups in total. The Morgan fingerprint density at radius 3 is 2.81 bits per heavy atom. The first-order valence-electron chi connectivity index (χ1n) is 6.77. The van der Waals surface area contributed by atoms with E-state index in [4.69, 9.17) is 4.42 Å². The van der Waals surface area contributed by atoms with Crippen LogP contribution in [-0.2, 0) is 0 Å². The van der Waals surface area contributed by atoms with Gasteiger partial charge in [-0.05, 0) is 61.9 Å². The maximum absolute atomic E-state index is 11.9. The molecule has 0 atom stereocenters. The van der Waals surface area contributed by atoms with Crippen molar-refractivity contribution in [2.45, 2.75) is 13.8 Å². The van der Waals surface area contributed by atoms with Gasteiger partial charge >= 0.3 is 0 Å². The zero-order chi connectivity index (χ0) is 14.8. The van der Waals surface area contributed by atoms with Gasteiger partial charge in [-0.3, -0.25) is 9.78 Å². The third-order valence-electron chi connectivity index (χ3n) is 3.38. The van der Waals surface area contributed by atoms with Crippen molar-refractivity contribution in [1.29, 1.82) is 0 Å². The Morgan fingerprint density at radius 1 is 1.19 bits per heavy atom. The molecule has 2 aromatic heterocycles. The van der Waals surface area contributed by atoms with Gasteiger partial charge in [-0.25, -0.2) is 0 Å². The van der Waals surface area contributed by atoms with Crippen molar-refractivity contribution < 1.29 is 9.21 Å². The van der Waals surface area contributed by atoms with Crippen molar-refractivity contribution in [2.24, 2.45) is 0 Å². The summed E-state index contributed by atoms with van der Waals surface area (Å²) in [5.74, 6) is 0.192. The lowest BCUT2D eigenvalue weighted by atomic mass is 10.1. The van der Waals surface area contributed by atoms with E-state index in [1.807, 2.05) is 19.1 Å². The zero-order valence-electron chi connectivity index (χ0n) is 12.0. The molecule has 3 nitrogen and oxygen atoms in total. The van der Waals surface area contributed by atoms with Gasteiger partial charge in [0.05, 0.1) is 11.8 Å². The molecule has 0 saturated heterocycles. The number of carbonyl (C=O) groups excluding carboxylic acids is 1. The van der Waals surface area contributed by atoms with Gasteiger partial charge in [0.2, 0.25) is 5.78 Å². The van der Waals surface area contributed by atoms with Crippen molar-refractivity contribution in [3.8, 4) is 0 Å². The summed E-state index contributed by atoms with van der Waals surface area (Å²) < 4.78 is 5.08. The summed E-state index contributed by atoms with van der Waals surface area (Å²) in [6.07, 6.45) is 4.80. The van der Waals surface area contributed by atoms with E-state index in [1.54, 1.807) is 18.2 Å². The van der Waals surface area contributed by atoms with E-state index in [-0.39, 0.29) is 5.78 Å². The fourth-order valence-electron chi connectivity index (χ4n) is 2.24. The van der Waals surface area contributed by atoms with Gasteiger partial charge in [0.15, 0.2) is 5.76 Å². The molecule has 0 fully saturated rings. The predicted molar refractivity (Wildman–Crippen MR) is 83.3 cm³/mol. The minimum Gasteiger partial charge on any atom is -0.461 e. The number of rotatable bonds is 3. The van der Waals surface area contributed by atoms with Crippen molar-refractivity contribution in [1.82, 2.24) is 4.98 Å². The third-order valence-corrected chi connectivity index (χ3v) is 3.38. The SMILES string of the molecule is Cc1ccc2nc(C)c(C=CC(=O)c3ccco3)cc2c1. The minimum atomic E-state index is -0.149. The smallest absolute Gasteiger partial charge is 0.221 e. The Bertz CT molecular complexity index is 830. The van der Waals surface area contributed by atoms with Gasteiger partial charge in [-0.2, -0.15) is 0 Å². The number of aromatic nitrogens is 1. The van der Waals surface area contributed by atoms with Gasteiger partial charge in [0, 0.05) is 11.1 Å². The highest BCUT2D eigenvalue weighted by Gasteiger charge is 2.05. The highest BCUT2D eigenvalue weighted by Crippen LogP contribution is 2.19. The largest absolute Gasteiger partial charge is 0.461 e. The Hall–Kier alpha value is -2.68. The summed E-state index contributed by atoms with van der Waals surface area (Å²) in [5, 5.41) is 1.07. The molecule has 0 amide bonds. The lowest BCUT2D eigenvalue weighted by molar-refractivity contribution is 0.102. The van der Waals surface area contributed by atoms with Crippen molar-refractivity contribution in [3.05, 3.63) is 71.3 Å². The average Bonchev–Trinajstić information content (AvgIpc) is 2.99. The summed E-state index contributed by atoms with van der Waals surface area (Å²) in [5.41, 5.74) is 3.99. The van der Waals surface area contributed by atoms with Crippen LogP contribution >= 0.6 is 0 Å². The number of pyridine rings is 1. The lowest BCUT2D eigenvalue weighted by Crippen LogP contribution is -1.92. The topological polar surface area (TPSA) is 43.1 Å². The van der Waals surface area contributed by atoms with Crippen LogP contribution in [0.5, 0.6) is 0 Å². The van der Waals surface area contributed by atoms with Crippen LogP contribution in [0, 0.1) is 13.8 Å². The number of furan rings is 1. The number of fused-ring (bicyclic) bond motifs is 1. The fourth-order valence-corrected chi connectivity index (χ4v) is 2.24. The predicted octanol–water partition coefficient (Wildman–Crippen LogP) is 4.34. The Labute approximate surface area is 122 Å². The highest BCUT2D eigenvalue weighted by molar-refractivity contribution is 6.05. The minimum absolute atomic E-state index is 0.149. The standard InChI is InChI=1S/C18H15NO2/c1-12-5-7-16-15(10-12)11-14(13(2)19-16)6-8-17(20)18-4-3-9-21-18/h3-11H,1-2H3. The van der Waals surface area contributed by atoms with Crippen molar-refractivity contribution in [3.63, 3.8) is 0 Å². The highest BCUT2D eigenvalue weighted by atomic mass is 16.3. The van der Waals surface area contributed by atoms with Gasteiger partial charge in [0.25, 0.3) is 0 Å². The van der Waals surface area contributed by atoms with Gasteiger partial charge < -0.3 is 4.42 Å². The number of aryl methyl sites for hydroxylation is 2. The molecule has 0 spiro atoms. The van der Waals surface area contributed by atoms with Crippen LogP contribution in [0.2, 0.25) is 0 Å². The van der Waals surface area contributed by atoms with Gasteiger partial charge in [0.1, 0.15) is 0 Å². The normalized spacial score (nSPS) is 11.3. The maximum Gasteiger partial charge on any atom is 0.221 e. The van der Waals surface area contributed by atoms with E-state index in [1.165, 1.54) is 17.9 Å². The maximum atomic E-state index is 11.9. The van der Waals surface area contributed by atoms with Crippen LogP contribution in [0.25, 0.3) is 17.0 Å². The number of benzene rings is 1. The van der Waals surface area contributed by atoms with E-state index in [2.05, 4.69) is 24.0 Å². The van der Waals surface area contributed by atoms with Crippen LogP contribution in [0.3, 0.4) is 0 Å². The molecule has 2 heterocycles. The van der Waals surface area contributed by atoms with Gasteiger partial charge in [-0.1, -0.05) is 11.6 Å². The molecule has 0 aliphatic carbocycles. The number of allylic oxidation sites excluding steroid dienone is 1. The number of hydrogen-bond acceptors (Lipinski definition) is 3. The van der Waals surface area contributed by atoms with Crippen LogP contribution in [0.15, 0.2) is 53.2 Å². The second kappa shape index (κ2) is 5.37. The Morgan fingerprint density at radius 2 is 2.05 bits per heavy atom. The second-order valence-electron chi connectivity index (χ2n) is 5.03. The number of ketones is 1. The summed E-state index contributed by atoms with van der Waals surface area (Å²) in [6, 6.07) is 11.6. The first kappa shape index (κ1) is 13.3. The third kappa shape index (κ3) is 2.77. The molecule has 0 saturated carbocycles. The van der Waals surface area contributed by atoms with E-state index >= 15 is 0 Å². The molecule has 21 heavy (non-hydrogen) atoms. The van der Waals surface area contributed by atoms with Crippen LogP contribution in [-0.4, -0.2) is 10.8 Å². The first-order chi connectivity index (χ1) is 10.1. The molecule has 0 radical (unpaired) electrons. The van der Waals surface area contributed by atoms with Crippen molar-refractivity contribution >= 4 is 22.8 Å². The summed E-state index contributed by atoms with van der Waals surface area (Å²) in [4.78, 5) is 16.5. The van der Waals surface area contributed by atoms with Crippen LogP contribution in [0.4, 0.5) is 0 Å². The summed E-state index contributed by atoms with van der Waals surface area (Å²) >= 11 is 0. The molecule has 3 heteroatoms. The number of nitrogens with zero attached hydrogens (tertiary/aromatic N) is 1. The fraction of sp³-hybridized carbons (Fsp3) is 0.111. The zero-order valence-corrected chi connectivity index (χ0v) is 12.0. The molecule has 0 unspecified atom stereocenters. The van der Waals surface area contributed by atoms with Gasteiger partial charge in [-0.15, -0.1) is 0 Å². The van der Waals surface area contributed by atoms with Crippen LogP contribution < -0.4 is 0 Å². The molecular weight excluding hydrogens is 262 g/mol. The van der Waals surface area contributed by atoms with E-state index < -0.39 is 0 Å². The lowest BCUT2D eigenvalue weighted by Gasteiger charge is -2.04. The summed E-state index contributed by atoms with van der Waals surface area (Å²) in [7, 11) is 0. The quantitative estimate of drug-likeness (QED) is 0.528. The molecule has 0 aliphatic rings. The molecule has 0 aliphatic heterocycles. The van der Waals surface area contributed by atoms with E-state index in [0.717, 1.165) is 22.2 Å². The average molecular weight is 277 g/mol. The molecular formula is C18H15NO2. The summed E-state index contributed by atoms with van der Waals surface area (Å²) in [6.45, 7) is 3.99. The van der Waals surface area contributed by atoms with Crippen LogP contribution in [0.1, 0.15) is 27.4 Å². The first-order valence-corrected chi connectivity index (χ1v) is 6.77. The number of hydrogen-bond donors (Lipinski definition) is 0. The number of carbonyl (C=O) groups is 1.